The first kappa shape index (κ1) is 12.6. The third kappa shape index (κ3) is 2.80. The number of aromatic nitrogens is 2. The normalized spacial score (nSPS) is 20.0. The molecule has 1 aliphatic rings. The van der Waals surface area contributed by atoms with E-state index in [0.29, 0.717) is 5.92 Å². The number of imidazole rings is 1. The highest BCUT2D eigenvalue weighted by molar-refractivity contribution is 6.30. The van der Waals surface area contributed by atoms with Crippen molar-refractivity contribution in [3.63, 3.8) is 0 Å². The minimum Gasteiger partial charge on any atom is -0.324 e. The number of nitrogens with zero attached hydrogens (tertiary/aromatic N) is 3. The van der Waals surface area contributed by atoms with Gasteiger partial charge in [-0.05, 0) is 30.0 Å². The summed E-state index contributed by atoms with van der Waals surface area (Å²) in [6.07, 6.45) is 6.65. The van der Waals surface area contributed by atoms with E-state index in [-0.39, 0.29) is 10.8 Å². The zero-order valence-corrected chi connectivity index (χ0v) is 11.2. The molecule has 0 spiro atoms. The Hall–Kier alpha value is -1.39. The molecule has 0 amide bonds. The van der Waals surface area contributed by atoms with E-state index in [1.165, 1.54) is 6.07 Å². The van der Waals surface area contributed by atoms with Crippen LogP contribution in [0.5, 0.6) is 0 Å². The zero-order valence-electron chi connectivity index (χ0n) is 10.5. The Morgan fingerprint density at radius 2 is 2.32 bits per heavy atom. The number of rotatable bonds is 3. The topological polar surface area (TPSA) is 21.1 Å². The van der Waals surface area contributed by atoms with Crippen LogP contribution in [-0.2, 0) is 6.67 Å². The maximum atomic E-state index is 13.2. The SMILES string of the molecule is Fc1ccc(C2CCN(Cn3ccnc3)C2)cc1Cl. The van der Waals surface area contributed by atoms with Crippen LogP contribution < -0.4 is 0 Å². The van der Waals surface area contributed by atoms with E-state index >= 15 is 0 Å². The second-order valence-electron chi connectivity index (χ2n) is 4.95. The summed E-state index contributed by atoms with van der Waals surface area (Å²) in [6.45, 7) is 2.86. The van der Waals surface area contributed by atoms with Crippen LogP contribution in [0.1, 0.15) is 17.9 Å². The van der Waals surface area contributed by atoms with Crippen molar-refractivity contribution in [2.45, 2.75) is 19.0 Å². The van der Waals surface area contributed by atoms with Crippen molar-refractivity contribution < 1.29 is 4.39 Å². The molecule has 0 aliphatic carbocycles. The van der Waals surface area contributed by atoms with E-state index in [1.807, 2.05) is 18.6 Å². The molecule has 0 N–H and O–H groups in total. The summed E-state index contributed by atoms with van der Waals surface area (Å²) in [7, 11) is 0. The van der Waals surface area contributed by atoms with E-state index < -0.39 is 0 Å². The highest BCUT2D eigenvalue weighted by Crippen LogP contribution is 2.29. The van der Waals surface area contributed by atoms with Crippen LogP contribution in [0.3, 0.4) is 0 Å². The molecule has 0 bridgehead atoms. The Kier molecular flexibility index (Phi) is 3.53. The minimum atomic E-state index is -0.348. The first-order chi connectivity index (χ1) is 9.22. The molecule has 0 saturated carbocycles. The number of halogens is 2. The molecular formula is C14H15ClFN3. The van der Waals surface area contributed by atoms with Gasteiger partial charge in [0.2, 0.25) is 0 Å². The fraction of sp³-hybridized carbons (Fsp3) is 0.357. The lowest BCUT2D eigenvalue weighted by molar-refractivity contribution is 0.267. The van der Waals surface area contributed by atoms with Gasteiger partial charge < -0.3 is 4.57 Å². The van der Waals surface area contributed by atoms with Gasteiger partial charge in [-0.2, -0.15) is 0 Å². The van der Waals surface area contributed by atoms with Crippen LogP contribution in [0.15, 0.2) is 36.9 Å². The minimum absolute atomic E-state index is 0.213. The maximum Gasteiger partial charge on any atom is 0.141 e. The van der Waals surface area contributed by atoms with Crippen molar-refractivity contribution in [1.82, 2.24) is 14.5 Å². The summed E-state index contributed by atoms with van der Waals surface area (Å²) < 4.78 is 15.2. The van der Waals surface area contributed by atoms with Gasteiger partial charge in [-0.3, -0.25) is 4.90 Å². The van der Waals surface area contributed by atoms with E-state index in [0.717, 1.165) is 31.7 Å². The fourth-order valence-corrected chi connectivity index (χ4v) is 2.79. The highest BCUT2D eigenvalue weighted by atomic mass is 35.5. The Bertz CT molecular complexity index is 556. The number of hydrogen-bond acceptors (Lipinski definition) is 2. The molecule has 1 fully saturated rings. The third-order valence-electron chi connectivity index (χ3n) is 3.61. The lowest BCUT2D eigenvalue weighted by atomic mass is 9.98. The van der Waals surface area contributed by atoms with Crippen LogP contribution in [0.2, 0.25) is 5.02 Å². The first-order valence-electron chi connectivity index (χ1n) is 6.35. The van der Waals surface area contributed by atoms with Gasteiger partial charge >= 0.3 is 0 Å². The molecule has 1 unspecified atom stereocenters. The van der Waals surface area contributed by atoms with Crippen molar-refractivity contribution in [3.8, 4) is 0 Å². The molecule has 0 radical (unpaired) electrons. The molecule has 1 saturated heterocycles. The lowest BCUT2D eigenvalue weighted by Gasteiger charge is -2.16. The molecule has 1 atom stereocenters. The highest BCUT2D eigenvalue weighted by Gasteiger charge is 2.24. The Morgan fingerprint density at radius 3 is 3.05 bits per heavy atom. The van der Waals surface area contributed by atoms with Gasteiger partial charge in [0.1, 0.15) is 5.82 Å². The quantitative estimate of drug-likeness (QED) is 0.861. The second kappa shape index (κ2) is 5.31. The van der Waals surface area contributed by atoms with Crippen molar-refractivity contribution in [3.05, 3.63) is 53.3 Å². The van der Waals surface area contributed by atoms with Crippen LogP contribution in [0.4, 0.5) is 4.39 Å². The monoisotopic (exact) mass is 279 g/mol. The molecule has 1 aliphatic heterocycles. The van der Waals surface area contributed by atoms with Gasteiger partial charge in [-0.25, -0.2) is 9.37 Å². The zero-order chi connectivity index (χ0) is 13.2. The Balaban J connectivity index is 1.66. The van der Waals surface area contributed by atoms with Gasteiger partial charge in [0.05, 0.1) is 18.0 Å². The maximum absolute atomic E-state index is 13.2. The Morgan fingerprint density at radius 1 is 1.42 bits per heavy atom. The second-order valence-corrected chi connectivity index (χ2v) is 5.36. The molecule has 5 heteroatoms. The average Bonchev–Trinajstić information content (AvgIpc) is 3.05. The summed E-state index contributed by atoms with van der Waals surface area (Å²) in [5.74, 6) is 0.0836. The molecule has 2 heterocycles. The molecule has 2 aromatic rings. The van der Waals surface area contributed by atoms with Crippen molar-refractivity contribution in [1.29, 1.82) is 0 Å². The molecular weight excluding hydrogens is 265 g/mol. The fourth-order valence-electron chi connectivity index (χ4n) is 2.60. The van der Waals surface area contributed by atoms with Gasteiger partial charge in [0.15, 0.2) is 0 Å². The molecule has 1 aromatic carbocycles. The first-order valence-corrected chi connectivity index (χ1v) is 6.73. The predicted molar refractivity (Wildman–Crippen MR) is 72.6 cm³/mol. The molecule has 1 aromatic heterocycles. The van der Waals surface area contributed by atoms with Crippen LogP contribution in [-0.4, -0.2) is 27.5 Å². The average molecular weight is 280 g/mol. The Labute approximate surface area is 116 Å². The predicted octanol–water partition coefficient (Wildman–Crippen LogP) is 3.12. The molecule has 19 heavy (non-hydrogen) atoms. The van der Waals surface area contributed by atoms with Crippen molar-refractivity contribution in [2.75, 3.05) is 13.1 Å². The van der Waals surface area contributed by atoms with Crippen molar-refractivity contribution >= 4 is 11.6 Å². The van der Waals surface area contributed by atoms with Crippen molar-refractivity contribution in [2.24, 2.45) is 0 Å². The number of likely N-dealkylation sites (tertiary alicyclic amines) is 1. The molecule has 3 nitrogen and oxygen atoms in total. The largest absolute Gasteiger partial charge is 0.324 e. The summed E-state index contributed by atoms with van der Waals surface area (Å²) in [5, 5.41) is 0.213. The molecule has 3 rings (SSSR count). The summed E-state index contributed by atoms with van der Waals surface area (Å²) >= 11 is 5.84. The summed E-state index contributed by atoms with van der Waals surface area (Å²) in [6, 6.07) is 5.05. The van der Waals surface area contributed by atoms with Crippen LogP contribution in [0.25, 0.3) is 0 Å². The standard InChI is InChI=1S/C14H15ClFN3/c15-13-7-11(1-2-14(13)16)12-3-5-18(8-12)10-19-6-4-17-9-19/h1-2,4,6-7,9,12H,3,5,8,10H2. The number of benzene rings is 1. The van der Waals surface area contributed by atoms with E-state index in [2.05, 4.69) is 14.5 Å². The van der Waals surface area contributed by atoms with Gasteiger partial charge in [0, 0.05) is 25.5 Å². The van der Waals surface area contributed by atoms with Crippen LogP contribution >= 0.6 is 11.6 Å². The number of hydrogen-bond donors (Lipinski definition) is 0. The van der Waals surface area contributed by atoms with E-state index in [4.69, 9.17) is 11.6 Å². The van der Waals surface area contributed by atoms with E-state index in [1.54, 1.807) is 12.3 Å². The summed E-state index contributed by atoms with van der Waals surface area (Å²) in [5.41, 5.74) is 1.12. The third-order valence-corrected chi connectivity index (χ3v) is 3.90. The lowest BCUT2D eigenvalue weighted by Crippen LogP contribution is -2.23. The van der Waals surface area contributed by atoms with Gasteiger partial charge in [-0.15, -0.1) is 0 Å². The van der Waals surface area contributed by atoms with E-state index in [9.17, 15) is 4.39 Å². The van der Waals surface area contributed by atoms with Gasteiger partial charge in [0.25, 0.3) is 0 Å². The molecule has 100 valence electrons. The van der Waals surface area contributed by atoms with Gasteiger partial charge in [-0.1, -0.05) is 17.7 Å². The summed E-state index contributed by atoms with van der Waals surface area (Å²) in [4.78, 5) is 6.40. The smallest absolute Gasteiger partial charge is 0.141 e. The van der Waals surface area contributed by atoms with Crippen LogP contribution in [0, 0.1) is 5.82 Å².